The van der Waals surface area contributed by atoms with E-state index in [1.807, 2.05) is 0 Å². The lowest BCUT2D eigenvalue weighted by Crippen LogP contribution is -1.99. The van der Waals surface area contributed by atoms with Crippen LogP contribution in [0.1, 0.15) is 32.1 Å². The maximum atomic E-state index is 5.82. The molecule has 1 heteroatoms. The van der Waals surface area contributed by atoms with E-state index in [1.165, 1.54) is 32.1 Å². The Kier molecular flexibility index (Phi) is 3.99. The van der Waals surface area contributed by atoms with Crippen molar-refractivity contribution in [1.82, 2.24) is 0 Å². The second-order valence-electron chi connectivity index (χ2n) is 3.52. The summed E-state index contributed by atoms with van der Waals surface area (Å²) in [7, 11) is 0. The van der Waals surface area contributed by atoms with Crippen LogP contribution in [0, 0.1) is 11.8 Å². The van der Waals surface area contributed by atoms with Gasteiger partial charge < -0.3 is 0 Å². The van der Waals surface area contributed by atoms with E-state index in [2.05, 4.69) is 12.7 Å². The topological polar surface area (TPSA) is 0 Å². The van der Waals surface area contributed by atoms with Gasteiger partial charge in [0.15, 0.2) is 0 Å². The highest BCUT2D eigenvalue weighted by molar-refractivity contribution is 6.18. The lowest BCUT2D eigenvalue weighted by atomic mass is 9.99. The molecule has 0 amide bonds. The Bertz CT molecular complexity index is 120. The molecular weight excluding hydrogens is 156 g/mol. The van der Waals surface area contributed by atoms with E-state index < -0.39 is 0 Å². The Morgan fingerprint density at radius 1 is 1.27 bits per heavy atom. The van der Waals surface area contributed by atoms with Crippen LogP contribution in [0.25, 0.3) is 0 Å². The van der Waals surface area contributed by atoms with Crippen molar-refractivity contribution in [3.8, 4) is 0 Å². The van der Waals surface area contributed by atoms with Gasteiger partial charge in [0.05, 0.1) is 0 Å². The lowest BCUT2D eigenvalue weighted by molar-refractivity contribution is 0.499. The summed E-state index contributed by atoms with van der Waals surface area (Å²) in [6, 6.07) is 0. The summed E-state index contributed by atoms with van der Waals surface area (Å²) in [6.45, 7) is 3.84. The summed E-state index contributed by atoms with van der Waals surface area (Å²) in [6.07, 6.45) is 8.72. The van der Waals surface area contributed by atoms with Crippen molar-refractivity contribution in [2.45, 2.75) is 32.1 Å². The second kappa shape index (κ2) is 4.82. The predicted octanol–water partition coefficient (Wildman–Crippen LogP) is 3.61. The van der Waals surface area contributed by atoms with E-state index in [1.54, 1.807) is 0 Å². The normalized spacial score (nSPS) is 32.8. The fourth-order valence-corrected chi connectivity index (χ4v) is 2.11. The highest BCUT2D eigenvalue weighted by Gasteiger charge is 2.15. The van der Waals surface area contributed by atoms with Gasteiger partial charge in [-0.1, -0.05) is 12.5 Å². The lowest BCUT2D eigenvalue weighted by Gasteiger charge is -2.08. The van der Waals surface area contributed by atoms with Gasteiger partial charge in [0, 0.05) is 5.88 Å². The molecule has 0 saturated heterocycles. The third kappa shape index (κ3) is 2.86. The molecule has 0 radical (unpaired) electrons. The van der Waals surface area contributed by atoms with E-state index >= 15 is 0 Å². The molecule has 1 rings (SSSR count). The Hall–Kier alpha value is 0.0300. The fraction of sp³-hybridized carbons (Fsp3) is 0.800. The molecule has 0 aromatic carbocycles. The first-order valence-electron chi connectivity index (χ1n) is 4.55. The summed E-state index contributed by atoms with van der Waals surface area (Å²) in [4.78, 5) is 0. The number of rotatable bonds is 2. The molecule has 0 heterocycles. The average Bonchev–Trinajstić information content (AvgIpc) is 2.28. The maximum absolute atomic E-state index is 5.82. The van der Waals surface area contributed by atoms with Gasteiger partial charge >= 0.3 is 0 Å². The fourth-order valence-electron chi connectivity index (χ4n) is 1.80. The van der Waals surface area contributed by atoms with Crippen LogP contribution < -0.4 is 0 Å². The van der Waals surface area contributed by atoms with Gasteiger partial charge in [-0.2, -0.15) is 0 Å². The highest BCUT2D eigenvalue weighted by atomic mass is 35.5. The van der Waals surface area contributed by atoms with Gasteiger partial charge in [-0.05, 0) is 37.5 Å². The number of allylic oxidation sites excluding steroid dienone is 1. The zero-order chi connectivity index (χ0) is 8.10. The quantitative estimate of drug-likeness (QED) is 0.339. The molecule has 2 atom stereocenters. The zero-order valence-electron chi connectivity index (χ0n) is 7.06. The standard InChI is InChI=1S/C10H17Cl/c1-2-9-4-3-5-10(8-11)7-6-9/h2,9-10H,1,3-8H2. The summed E-state index contributed by atoms with van der Waals surface area (Å²) in [5.74, 6) is 2.40. The molecule has 11 heavy (non-hydrogen) atoms. The molecule has 0 aromatic heterocycles. The molecular formula is C10H17Cl. The van der Waals surface area contributed by atoms with Gasteiger partial charge in [0.1, 0.15) is 0 Å². The van der Waals surface area contributed by atoms with E-state index in [4.69, 9.17) is 11.6 Å². The maximum Gasteiger partial charge on any atom is 0.0251 e. The summed E-state index contributed by atoms with van der Waals surface area (Å²) in [5, 5.41) is 0. The van der Waals surface area contributed by atoms with Crippen LogP contribution in [0.2, 0.25) is 0 Å². The first-order chi connectivity index (χ1) is 5.36. The van der Waals surface area contributed by atoms with Crippen molar-refractivity contribution in [2.24, 2.45) is 11.8 Å². The third-order valence-electron chi connectivity index (χ3n) is 2.68. The van der Waals surface area contributed by atoms with Crippen LogP contribution in [-0.2, 0) is 0 Å². The van der Waals surface area contributed by atoms with Gasteiger partial charge in [0.2, 0.25) is 0 Å². The molecule has 0 bridgehead atoms. The molecule has 0 N–H and O–H groups in total. The third-order valence-corrected chi connectivity index (χ3v) is 3.12. The van der Waals surface area contributed by atoms with Crippen LogP contribution >= 0.6 is 11.6 Å². The zero-order valence-corrected chi connectivity index (χ0v) is 7.82. The smallest absolute Gasteiger partial charge is 0.0251 e. The molecule has 2 unspecified atom stereocenters. The summed E-state index contributed by atoms with van der Waals surface area (Å²) < 4.78 is 0. The van der Waals surface area contributed by atoms with Crippen molar-refractivity contribution in [2.75, 3.05) is 5.88 Å². The SMILES string of the molecule is C=CC1CCCC(CCl)CC1. The van der Waals surface area contributed by atoms with Crippen molar-refractivity contribution in [1.29, 1.82) is 0 Å². The Morgan fingerprint density at radius 3 is 2.73 bits per heavy atom. The first-order valence-corrected chi connectivity index (χ1v) is 5.08. The first kappa shape index (κ1) is 9.12. The monoisotopic (exact) mass is 172 g/mol. The van der Waals surface area contributed by atoms with E-state index in [9.17, 15) is 0 Å². The van der Waals surface area contributed by atoms with E-state index in [-0.39, 0.29) is 0 Å². The minimum Gasteiger partial charge on any atom is -0.126 e. The van der Waals surface area contributed by atoms with Crippen molar-refractivity contribution >= 4 is 11.6 Å². The van der Waals surface area contributed by atoms with Crippen molar-refractivity contribution < 1.29 is 0 Å². The van der Waals surface area contributed by atoms with Crippen molar-refractivity contribution in [3.05, 3.63) is 12.7 Å². The Morgan fingerprint density at radius 2 is 2.09 bits per heavy atom. The second-order valence-corrected chi connectivity index (χ2v) is 3.83. The summed E-state index contributed by atoms with van der Waals surface area (Å²) >= 11 is 5.82. The number of hydrogen-bond acceptors (Lipinski definition) is 0. The van der Waals surface area contributed by atoms with Crippen LogP contribution in [-0.4, -0.2) is 5.88 Å². The molecule has 1 fully saturated rings. The molecule has 0 aromatic rings. The van der Waals surface area contributed by atoms with Gasteiger partial charge in [0.25, 0.3) is 0 Å². The molecule has 0 spiro atoms. The molecule has 0 nitrogen and oxygen atoms in total. The molecule has 1 aliphatic rings. The molecule has 1 aliphatic carbocycles. The minimum atomic E-state index is 0.767. The molecule has 0 aliphatic heterocycles. The number of halogens is 1. The van der Waals surface area contributed by atoms with Crippen LogP contribution in [0.3, 0.4) is 0 Å². The van der Waals surface area contributed by atoms with E-state index in [0.29, 0.717) is 0 Å². The van der Waals surface area contributed by atoms with Crippen LogP contribution in [0.5, 0.6) is 0 Å². The highest BCUT2D eigenvalue weighted by Crippen LogP contribution is 2.28. The molecule has 1 saturated carbocycles. The average molecular weight is 173 g/mol. The number of alkyl halides is 1. The predicted molar refractivity (Wildman–Crippen MR) is 51.0 cm³/mol. The van der Waals surface area contributed by atoms with Gasteiger partial charge in [-0.25, -0.2) is 0 Å². The van der Waals surface area contributed by atoms with Crippen molar-refractivity contribution in [3.63, 3.8) is 0 Å². The minimum absolute atomic E-state index is 0.767. The summed E-state index contributed by atoms with van der Waals surface area (Å²) in [5.41, 5.74) is 0. The van der Waals surface area contributed by atoms with Crippen LogP contribution in [0.15, 0.2) is 12.7 Å². The molecule has 64 valence electrons. The Labute approximate surface area is 74.6 Å². The van der Waals surface area contributed by atoms with Gasteiger partial charge in [-0.15, -0.1) is 18.2 Å². The van der Waals surface area contributed by atoms with Gasteiger partial charge in [-0.3, -0.25) is 0 Å². The largest absolute Gasteiger partial charge is 0.126 e. The van der Waals surface area contributed by atoms with E-state index in [0.717, 1.165) is 17.7 Å². The van der Waals surface area contributed by atoms with Crippen LogP contribution in [0.4, 0.5) is 0 Å². The number of hydrogen-bond donors (Lipinski definition) is 0. The Balaban J connectivity index is 2.32.